The third kappa shape index (κ3) is 10.5. The number of anilines is 4. The number of halogens is 1. The van der Waals surface area contributed by atoms with Gasteiger partial charge in [-0.2, -0.15) is 33.7 Å². The molecule has 53 heavy (non-hydrogen) atoms. The molecule has 0 aliphatic rings. The molecule has 1 aromatic heterocycles. The van der Waals surface area contributed by atoms with Gasteiger partial charge in [-0.3, -0.25) is 14.7 Å². The zero-order valence-corrected chi connectivity index (χ0v) is 29.4. The zero-order valence-electron chi connectivity index (χ0n) is 26.2. The van der Waals surface area contributed by atoms with E-state index in [4.69, 9.17) is 26.7 Å². The molecule has 274 valence electrons. The van der Waals surface area contributed by atoms with Crippen molar-refractivity contribution in [1.82, 2.24) is 15.0 Å². The molecule has 0 saturated carbocycles. The summed E-state index contributed by atoms with van der Waals surface area (Å²) >= 11 is 6.42. The Labute approximate surface area is 308 Å². The minimum atomic E-state index is -4.80. The summed E-state index contributed by atoms with van der Waals surface area (Å²) in [5.41, 5.74) is 0.949. The van der Waals surface area contributed by atoms with Crippen LogP contribution >= 0.6 is 23.6 Å². The van der Waals surface area contributed by atoms with Gasteiger partial charge in [0.25, 0.3) is 5.91 Å². The van der Waals surface area contributed by atoms with E-state index in [-0.39, 0.29) is 55.3 Å². The number of hydrogen-bond donors (Lipinski definition) is 6. The molecule has 0 aliphatic carbocycles. The number of rotatable bonds is 15. The number of hydrogen-bond acceptors (Lipinski definition) is 19. The van der Waals surface area contributed by atoms with Crippen LogP contribution in [0, 0.1) is 11.5 Å². The first-order valence-electron chi connectivity index (χ1n) is 14.3. The Morgan fingerprint density at radius 1 is 0.962 bits per heavy atom. The molecule has 0 radical (unpaired) electrons. The molecular weight excluding hydrogens is 782 g/mol. The van der Waals surface area contributed by atoms with Gasteiger partial charge in [0.2, 0.25) is 17.2 Å². The first kappa shape index (κ1) is 38.7. The van der Waals surface area contributed by atoms with E-state index >= 15 is 0 Å². The maximum atomic E-state index is 13.0. The fourth-order valence-corrected chi connectivity index (χ4v) is 6.56. The van der Waals surface area contributed by atoms with E-state index in [1.54, 1.807) is 30.5 Å². The number of nitrogens with one attached hydrogen (secondary N) is 3. The molecule has 0 aliphatic heterocycles. The van der Waals surface area contributed by atoms with Gasteiger partial charge in [0.1, 0.15) is 5.69 Å². The summed E-state index contributed by atoms with van der Waals surface area (Å²) in [6.45, 7) is -0.789. The molecule has 4 aromatic carbocycles. The van der Waals surface area contributed by atoms with Crippen LogP contribution in [0.15, 0.2) is 92.8 Å². The van der Waals surface area contributed by atoms with Crippen LogP contribution in [0.4, 0.5) is 34.6 Å². The lowest BCUT2D eigenvalue weighted by Gasteiger charge is -2.11. The molecule has 1 amide bonds. The van der Waals surface area contributed by atoms with Gasteiger partial charge in [-0.25, -0.2) is 17.9 Å². The lowest BCUT2D eigenvalue weighted by atomic mass is 10.1. The molecular formula is C29H22ClN9O11S3. The van der Waals surface area contributed by atoms with E-state index in [0.717, 1.165) is 0 Å². The van der Waals surface area contributed by atoms with Gasteiger partial charge in [-0.1, -0.05) is 11.1 Å². The summed E-state index contributed by atoms with van der Waals surface area (Å²) in [5, 5.41) is 49.3. The summed E-state index contributed by atoms with van der Waals surface area (Å²) in [4.78, 5) is 24.8. The van der Waals surface area contributed by atoms with E-state index < -0.39 is 38.5 Å². The molecule has 5 aromatic rings. The van der Waals surface area contributed by atoms with Crippen LogP contribution in [0.2, 0.25) is 5.28 Å². The quantitative estimate of drug-likeness (QED) is 0.0140. The van der Waals surface area contributed by atoms with Gasteiger partial charge in [-0.15, -0.1) is 9.45 Å². The number of phenolic OH excluding ortho intramolecular Hbond substituents is 1. The molecule has 0 saturated heterocycles. The summed E-state index contributed by atoms with van der Waals surface area (Å²) < 4.78 is 63.5. The molecule has 20 nitrogen and oxygen atoms in total. The average molecular weight is 804 g/mol. The standard InChI is InChI=1S/C29H22ClN9O11S3/c30-27-35-28(32-15-31)37-29(36-27)34-19-6-9-22-17(13-19)14-23(51-50-49-42)24(25(22)40)39-38-20-3-1-2-16(12-20)26(41)33-18-4-7-21(8-5-18)52(43,44)11-10-48-53(45,46)47/h1-9,12-14,40,42H,10-11H2,(H,33,41)(H,45,46,47)(H2,32,34,35,36,37). The van der Waals surface area contributed by atoms with Crippen molar-refractivity contribution in [3.05, 3.63) is 83.6 Å². The number of amides is 1. The predicted molar refractivity (Wildman–Crippen MR) is 188 cm³/mol. The number of nitriles is 1. The Balaban J connectivity index is 1.33. The lowest BCUT2D eigenvalue weighted by molar-refractivity contribution is -0.432. The topological polar surface area (TPSA) is 297 Å². The van der Waals surface area contributed by atoms with Crippen molar-refractivity contribution < 1.29 is 50.1 Å². The summed E-state index contributed by atoms with van der Waals surface area (Å²) in [7, 11) is -8.76. The molecule has 0 fully saturated rings. The molecule has 24 heteroatoms. The Hall–Kier alpha value is -5.55. The smallest absolute Gasteiger partial charge is 0.397 e. The predicted octanol–water partition coefficient (Wildman–Crippen LogP) is 5.71. The number of aromatic hydroxyl groups is 1. The van der Waals surface area contributed by atoms with Crippen LogP contribution in [0.5, 0.6) is 5.75 Å². The summed E-state index contributed by atoms with van der Waals surface area (Å²) in [6.07, 6.45) is 1.68. The first-order valence-corrected chi connectivity index (χ1v) is 18.4. The van der Waals surface area contributed by atoms with Crippen molar-refractivity contribution in [2.24, 2.45) is 10.2 Å². The third-order valence-electron chi connectivity index (χ3n) is 6.67. The zero-order chi connectivity index (χ0) is 38.2. The highest BCUT2D eigenvalue weighted by atomic mass is 35.5. The molecule has 0 spiro atoms. The summed E-state index contributed by atoms with van der Waals surface area (Å²) in [5.74, 6) is -1.69. The molecule has 0 bridgehead atoms. The second-order valence-electron chi connectivity index (χ2n) is 10.1. The van der Waals surface area contributed by atoms with Crippen molar-refractivity contribution >= 4 is 95.2 Å². The lowest BCUT2D eigenvalue weighted by Crippen LogP contribution is -2.15. The second kappa shape index (κ2) is 16.9. The van der Waals surface area contributed by atoms with Crippen molar-refractivity contribution in [1.29, 1.82) is 5.26 Å². The van der Waals surface area contributed by atoms with Crippen LogP contribution in [0.1, 0.15) is 10.4 Å². The number of benzene rings is 4. The minimum absolute atomic E-state index is 0.0208. The number of carbonyl (C=O) groups excluding carboxylic acids is 1. The Morgan fingerprint density at radius 3 is 2.42 bits per heavy atom. The van der Waals surface area contributed by atoms with Gasteiger partial charge >= 0.3 is 10.4 Å². The first-order chi connectivity index (χ1) is 25.2. The maximum absolute atomic E-state index is 13.0. The highest BCUT2D eigenvalue weighted by Gasteiger charge is 2.18. The SMILES string of the molecule is N#CNc1nc(Cl)nc(Nc2ccc3c(O)c(N=Nc4cccc(C(=O)Nc5ccc(S(=O)(=O)CCOS(=O)(=O)O)cc5)c4)c(SOOO)cc3c2)n1. The number of fused-ring (bicyclic) bond motifs is 1. The average Bonchev–Trinajstić information content (AvgIpc) is 3.10. The summed E-state index contributed by atoms with van der Waals surface area (Å²) in [6, 6.07) is 17.3. The van der Waals surface area contributed by atoms with Crippen LogP contribution < -0.4 is 16.0 Å². The Kier molecular flexibility index (Phi) is 12.3. The highest BCUT2D eigenvalue weighted by Crippen LogP contribution is 2.44. The fourth-order valence-electron chi connectivity index (χ4n) is 4.42. The van der Waals surface area contributed by atoms with Gasteiger partial charge < -0.3 is 15.7 Å². The van der Waals surface area contributed by atoms with Gasteiger partial charge in [-0.05, 0) is 83.7 Å². The fraction of sp³-hybridized carbons (Fsp3) is 0.0690. The molecule has 5 rings (SSSR count). The van der Waals surface area contributed by atoms with Crippen molar-refractivity contribution in [3.63, 3.8) is 0 Å². The Morgan fingerprint density at radius 2 is 1.70 bits per heavy atom. The normalized spacial score (nSPS) is 11.7. The number of sulfone groups is 1. The van der Waals surface area contributed by atoms with Crippen LogP contribution in [-0.4, -0.2) is 65.0 Å². The van der Waals surface area contributed by atoms with Crippen LogP contribution in [-0.2, 0) is 33.8 Å². The van der Waals surface area contributed by atoms with Crippen molar-refractivity contribution in [2.45, 2.75) is 9.79 Å². The van der Waals surface area contributed by atoms with Crippen molar-refractivity contribution in [2.75, 3.05) is 28.3 Å². The number of aromatic nitrogens is 3. The van der Waals surface area contributed by atoms with Gasteiger partial charge in [0, 0.05) is 22.3 Å². The number of carbonyl (C=O) groups is 1. The van der Waals surface area contributed by atoms with E-state index in [0.29, 0.717) is 28.5 Å². The number of azo groups is 1. The monoisotopic (exact) mass is 803 g/mol. The van der Waals surface area contributed by atoms with Crippen LogP contribution in [0.3, 0.4) is 0 Å². The highest BCUT2D eigenvalue weighted by molar-refractivity contribution is 7.94. The van der Waals surface area contributed by atoms with E-state index in [2.05, 4.69) is 54.7 Å². The minimum Gasteiger partial charge on any atom is -0.505 e. The number of phenols is 1. The largest absolute Gasteiger partial charge is 0.505 e. The van der Waals surface area contributed by atoms with Gasteiger partial charge in [0.05, 0.1) is 39.9 Å². The molecule has 0 unspecified atom stereocenters. The van der Waals surface area contributed by atoms with Crippen molar-refractivity contribution in [3.8, 4) is 11.9 Å². The third-order valence-corrected chi connectivity index (χ3v) is 9.61. The van der Waals surface area contributed by atoms with Gasteiger partial charge in [0.15, 0.2) is 21.8 Å². The maximum Gasteiger partial charge on any atom is 0.397 e. The van der Waals surface area contributed by atoms with E-state index in [1.165, 1.54) is 48.5 Å². The molecule has 1 heterocycles. The van der Waals surface area contributed by atoms with E-state index in [1.807, 2.05) is 0 Å². The second-order valence-corrected chi connectivity index (χ2v) is 14.4. The van der Waals surface area contributed by atoms with E-state index in [9.17, 15) is 26.7 Å². The molecule has 0 atom stereocenters. The molecule has 6 N–H and O–H groups in total. The van der Waals surface area contributed by atoms with Crippen LogP contribution in [0.25, 0.3) is 10.8 Å². The number of nitrogens with zero attached hydrogens (tertiary/aromatic N) is 6. The Bertz CT molecular complexity index is 2470.